The number of aliphatic hydroxyl groups is 1. The van der Waals surface area contributed by atoms with Gasteiger partial charge < -0.3 is 10.2 Å². The summed E-state index contributed by atoms with van der Waals surface area (Å²) >= 11 is 0. The van der Waals surface area contributed by atoms with Gasteiger partial charge in [-0.2, -0.15) is 0 Å². The number of carboxylic acid groups (broad SMARTS) is 1. The predicted octanol–water partition coefficient (Wildman–Crippen LogP) is 1.12. The zero-order chi connectivity index (χ0) is 10.1. The number of halogens is 1. The monoisotopic (exact) mass is 184 g/mol. The SMILES string of the molecule is C[C@@](O)(C(=O)O)c1cccc(F)c1. The molecule has 0 fully saturated rings. The average molecular weight is 184 g/mol. The van der Waals surface area contributed by atoms with Gasteiger partial charge in [-0.3, -0.25) is 0 Å². The molecule has 0 aliphatic carbocycles. The molecule has 2 N–H and O–H groups in total. The van der Waals surface area contributed by atoms with Gasteiger partial charge >= 0.3 is 5.97 Å². The Hall–Kier alpha value is -1.42. The Morgan fingerprint density at radius 2 is 2.15 bits per heavy atom. The van der Waals surface area contributed by atoms with E-state index in [0.29, 0.717) is 0 Å². The van der Waals surface area contributed by atoms with E-state index in [0.717, 1.165) is 13.0 Å². The minimum atomic E-state index is -2.04. The Kier molecular flexibility index (Phi) is 2.34. The van der Waals surface area contributed by atoms with Crippen molar-refractivity contribution in [2.75, 3.05) is 0 Å². The van der Waals surface area contributed by atoms with Gasteiger partial charge in [-0.05, 0) is 24.6 Å². The van der Waals surface area contributed by atoms with Crippen molar-refractivity contribution in [1.29, 1.82) is 0 Å². The Bertz CT molecular complexity index is 333. The lowest BCUT2D eigenvalue weighted by Crippen LogP contribution is -2.31. The molecule has 0 saturated heterocycles. The first-order valence-electron chi connectivity index (χ1n) is 3.66. The van der Waals surface area contributed by atoms with Crippen LogP contribution in [0.4, 0.5) is 4.39 Å². The van der Waals surface area contributed by atoms with E-state index in [1.807, 2.05) is 0 Å². The summed E-state index contributed by atoms with van der Waals surface area (Å²) in [5.41, 5.74) is -2.01. The molecule has 1 atom stereocenters. The van der Waals surface area contributed by atoms with Gasteiger partial charge in [0.25, 0.3) is 0 Å². The molecule has 4 heteroatoms. The van der Waals surface area contributed by atoms with Gasteiger partial charge in [0, 0.05) is 0 Å². The molecule has 0 unspecified atom stereocenters. The van der Waals surface area contributed by atoms with Crippen LogP contribution >= 0.6 is 0 Å². The third kappa shape index (κ3) is 1.84. The number of hydrogen-bond acceptors (Lipinski definition) is 2. The molecule has 0 heterocycles. The normalized spacial score (nSPS) is 15.0. The summed E-state index contributed by atoms with van der Waals surface area (Å²) in [7, 11) is 0. The van der Waals surface area contributed by atoms with Gasteiger partial charge in [0.05, 0.1) is 0 Å². The maximum absolute atomic E-state index is 12.7. The highest BCUT2D eigenvalue weighted by Gasteiger charge is 2.32. The molecule has 3 nitrogen and oxygen atoms in total. The molecule has 1 aromatic rings. The van der Waals surface area contributed by atoms with E-state index in [4.69, 9.17) is 5.11 Å². The second kappa shape index (κ2) is 3.14. The number of aliphatic carboxylic acids is 1. The van der Waals surface area contributed by atoms with Crippen LogP contribution in [-0.4, -0.2) is 16.2 Å². The lowest BCUT2D eigenvalue weighted by molar-refractivity contribution is -0.157. The standard InChI is InChI=1S/C9H9FO3/c1-9(13,8(11)12)6-3-2-4-7(10)5-6/h2-5,13H,1H3,(H,11,12)/t9-/m0/s1. The molecule has 0 bridgehead atoms. The van der Waals surface area contributed by atoms with Crippen molar-refractivity contribution in [3.05, 3.63) is 35.6 Å². The first kappa shape index (κ1) is 9.67. The van der Waals surface area contributed by atoms with Crippen LogP contribution in [0.1, 0.15) is 12.5 Å². The van der Waals surface area contributed by atoms with Gasteiger partial charge in [0.1, 0.15) is 5.82 Å². The first-order valence-corrected chi connectivity index (χ1v) is 3.66. The Labute approximate surface area is 74.4 Å². The highest BCUT2D eigenvalue weighted by molar-refractivity contribution is 5.78. The lowest BCUT2D eigenvalue weighted by Gasteiger charge is -2.17. The fourth-order valence-corrected chi connectivity index (χ4v) is 0.915. The Morgan fingerprint density at radius 3 is 2.62 bits per heavy atom. The minimum Gasteiger partial charge on any atom is -0.479 e. The number of rotatable bonds is 2. The van der Waals surface area contributed by atoms with Gasteiger partial charge in [0.2, 0.25) is 0 Å². The summed E-state index contributed by atoms with van der Waals surface area (Å²) in [6.07, 6.45) is 0. The lowest BCUT2D eigenvalue weighted by atomic mass is 9.96. The van der Waals surface area contributed by atoms with E-state index in [1.54, 1.807) is 0 Å². The fourth-order valence-electron chi connectivity index (χ4n) is 0.915. The van der Waals surface area contributed by atoms with Crippen LogP contribution in [0, 0.1) is 5.82 Å². The van der Waals surface area contributed by atoms with E-state index in [1.165, 1.54) is 18.2 Å². The van der Waals surface area contributed by atoms with Crippen molar-refractivity contribution in [3.63, 3.8) is 0 Å². The Balaban J connectivity index is 3.14. The molecule has 1 aromatic carbocycles. The van der Waals surface area contributed by atoms with Crippen LogP contribution < -0.4 is 0 Å². The third-order valence-electron chi connectivity index (χ3n) is 1.80. The van der Waals surface area contributed by atoms with E-state index < -0.39 is 17.4 Å². The van der Waals surface area contributed by atoms with Crippen molar-refractivity contribution in [1.82, 2.24) is 0 Å². The number of hydrogen-bond donors (Lipinski definition) is 2. The molecular weight excluding hydrogens is 175 g/mol. The average Bonchev–Trinajstić information content (AvgIpc) is 2.04. The number of benzene rings is 1. The molecule has 70 valence electrons. The Morgan fingerprint density at radius 1 is 1.54 bits per heavy atom. The van der Waals surface area contributed by atoms with Crippen molar-refractivity contribution in [2.24, 2.45) is 0 Å². The van der Waals surface area contributed by atoms with E-state index in [2.05, 4.69) is 0 Å². The van der Waals surface area contributed by atoms with Crippen molar-refractivity contribution < 1.29 is 19.4 Å². The molecule has 0 aromatic heterocycles. The molecule has 0 saturated carbocycles. The van der Waals surface area contributed by atoms with Crippen LogP contribution in [0.5, 0.6) is 0 Å². The molecule has 0 radical (unpaired) electrons. The van der Waals surface area contributed by atoms with Crippen LogP contribution in [0.15, 0.2) is 24.3 Å². The zero-order valence-corrected chi connectivity index (χ0v) is 6.99. The van der Waals surface area contributed by atoms with E-state index in [9.17, 15) is 14.3 Å². The van der Waals surface area contributed by atoms with Crippen LogP contribution in [-0.2, 0) is 10.4 Å². The van der Waals surface area contributed by atoms with E-state index >= 15 is 0 Å². The minimum absolute atomic E-state index is 0.0278. The first-order chi connectivity index (χ1) is 5.94. The maximum Gasteiger partial charge on any atom is 0.340 e. The molecule has 0 aliphatic rings. The van der Waals surface area contributed by atoms with Gasteiger partial charge in [-0.1, -0.05) is 12.1 Å². The van der Waals surface area contributed by atoms with E-state index in [-0.39, 0.29) is 5.56 Å². The number of carbonyl (C=O) groups is 1. The van der Waals surface area contributed by atoms with Crippen molar-refractivity contribution >= 4 is 5.97 Å². The highest BCUT2D eigenvalue weighted by atomic mass is 19.1. The van der Waals surface area contributed by atoms with Crippen LogP contribution in [0.2, 0.25) is 0 Å². The van der Waals surface area contributed by atoms with Crippen molar-refractivity contribution in [3.8, 4) is 0 Å². The summed E-state index contributed by atoms with van der Waals surface area (Å²) in [4.78, 5) is 10.6. The molecular formula is C9H9FO3. The molecule has 13 heavy (non-hydrogen) atoms. The smallest absolute Gasteiger partial charge is 0.340 e. The summed E-state index contributed by atoms with van der Waals surface area (Å²) in [5, 5.41) is 18.0. The molecule has 0 aliphatic heterocycles. The van der Waals surface area contributed by atoms with Gasteiger partial charge in [-0.15, -0.1) is 0 Å². The molecule has 0 spiro atoms. The van der Waals surface area contributed by atoms with Gasteiger partial charge in [-0.25, -0.2) is 9.18 Å². The third-order valence-corrected chi connectivity index (χ3v) is 1.80. The summed E-state index contributed by atoms with van der Waals surface area (Å²) in [6, 6.07) is 4.88. The van der Waals surface area contributed by atoms with Gasteiger partial charge in [0.15, 0.2) is 5.60 Å². The summed E-state index contributed by atoms with van der Waals surface area (Å²) < 4.78 is 12.7. The molecule has 0 amide bonds. The predicted molar refractivity (Wildman–Crippen MR) is 43.6 cm³/mol. The number of carboxylic acids is 1. The molecule has 1 rings (SSSR count). The second-order valence-corrected chi connectivity index (χ2v) is 2.89. The summed E-state index contributed by atoms with van der Waals surface area (Å²) in [5.74, 6) is -1.97. The maximum atomic E-state index is 12.7. The zero-order valence-electron chi connectivity index (χ0n) is 6.99. The van der Waals surface area contributed by atoms with Crippen LogP contribution in [0.25, 0.3) is 0 Å². The fraction of sp³-hybridized carbons (Fsp3) is 0.222. The highest BCUT2D eigenvalue weighted by Crippen LogP contribution is 2.20. The topological polar surface area (TPSA) is 57.5 Å². The van der Waals surface area contributed by atoms with Crippen molar-refractivity contribution in [2.45, 2.75) is 12.5 Å². The quantitative estimate of drug-likeness (QED) is 0.724. The second-order valence-electron chi connectivity index (χ2n) is 2.89. The van der Waals surface area contributed by atoms with Crippen LogP contribution in [0.3, 0.4) is 0 Å². The summed E-state index contributed by atoms with van der Waals surface area (Å²) in [6.45, 7) is 1.10. The largest absolute Gasteiger partial charge is 0.479 e.